The van der Waals surface area contributed by atoms with Crippen molar-refractivity contribution in [3.63, 3.8) is 0 Å². The zero-order valence-electron chi connectivity index (χ0n) is 15.3. The third-order valence-electron chi connectivity index (χ3n) is 5.86. The minimum atomic E-state index is 0.0626. The third-order valence-corrected chi connectivity index (χ3v) is 6.29. The lowest BCUT2D eigenvalue weighted by Crippen LogP contribution is -2.29. The van der Waals surface area contributed by atoms with Crippen LogP contribution in [0.15, 0.2) is 27.6 Å². The number of ether oxygens (including phenoxy) is 1. The number of imidazole rings is 1. The molecule has 0 atom stereocenters. The highest BCUT2D eigenvalue weighted by Crippen LogP contribution is 2.29. The second-order valence-electron chi connectivity index (χ2n) is 7.54. The number of allylic oxidation sites excluding steroid dienone is 2. The number of nitrogens with zero attached hydrogens (tertiary/aromatic N) is 3. The number of aromatic nitrogens is 3. The molecule has 0 aliphatic heterocycles. The van der Waals surface area contributed by atoms with Crippen LogP contribution in [0, 0.1) is 5.92 Å². The van der Waals surface area contributed by atoms with Crippen molar-refractivity contribution < 1.29 is 4.74 Å². The molecular weight excluding hydrogens is 394 g/mol. The molecule has 0 amide bonds. The molecule has 0 unspecified atom stereocenters. The fourth-order valence-corrected chi connectivity index (χ4v) is 4.69. The summed E-state index contributed by atoms with van der Waals surface area (Å²) in [5.74, 6) is 0.525. The zero-order valence-corrected chi connectivity index (χ0v) is 16.9. The maximum atomic E-state index is 13.3. The van der Waals surface area contributed by atoms with Crippen molar-refractivity contribution >= 4 is 32.8 Å². The Kier molecular flexibility index (Phi) is 5.32. The molecule has 0 N–H and O–H groups in total. The molecule has 1 fully saturated rings. The monoisotopic (exact) mass is 419 g/mol. The van der Waals surface area contributed by atoms with E-state index < -0.39 is 0 Å². The zero-order chi connectivity index (χ0) is 18.1. The third kappa shape index (κ3) is 3.41. The van der Waals surface area contributed by atoms with Gasteiger partial charge in [0.25, 0.3) is 0 Å². The number of rotatable bonds is 4. The van der Waals surface area contributed by atoms with Gasteiger partial charge in [-0.2, -0.15) is 0 Å². The van der Waals surface area contributed by atoms with E-state index in [1.807, 2.05) is 15.2 Å². The molecule has 1 saturated carbocycles. The van der Waals surface area contributed by atoms with Crippen LogP contribution in [0.3, 0.4) is 0 Å². The van der Waals surface area contributed by atoms with Crippen LogP contribution in [0.2, 0.25) is 0 Å². The van der Waals surface area contributed by atoms with Gasteiger partial charge >= 0.3 is 5.69 Å². The Morgan fingerprint density at radius 3 is 2.77 bits per heavy atom. The molecular formula is C20H26BrN3O2. The summed E-state index contributed by atoms with van der Waals surface area (Å²) in [6.07, 6.45) is 13.1. The van der Waals surface area contributed by atoms with Crippen LogP contribution >= 0.6 is 15.9 Å². The summed E-state index contributed by atoms with van der Waals surface area (Å²) < 4.78 is 10.2. The van der Waals surface area contributed by atoms with Gasteiger partial charge in [-0.3, -0.25) is 4.57 Å². The van der Waals surface area contributed by atoms with Gasteiger partial charge in [-0.15, -0.1) is 0 Å². The summed E-state index contributed by atoms with van der Waals surface area (Å²) in [4.78, 5) is 17.9. The normalized spacial score (nSPS) is 24.0. The predicted octanol–water partition coefficient (Wildman–Crippen LogP) is 4.58. The molecule has 0 aromatic carbocycles. The highest BCUT2D eigenvalue weighted by Gasteiger charge is 2.24. The maximum Gasteiger partial charge on any atom is 0.334 e. The van der Waals surface area contributed by atoms with Gasteiger partial charge in [-0.05, 0) is 79.3 Å². The number of hydrogen-bond acceptors (Lipinski definition) is 3. The van der Waals surface area contributed by atoms with Gasteiger partial charge in [0.05, 0.1) is 11.6 Å². The smallest absolute Gasteiger partial charge is 0.334 e. The van der Waals surface area contributed by atoms with E-state index in [9.17, 15) is 4.79 Å². The first-order chi connectivity index (χ1) is 12.7. The van der Waals surface area contributed by atoms with E-state index in [4.69, 9.17) is 4.74 Å². The lowest BCUT2D eigenvalue weighted by Gasteiger charge is -2.27. The summed E-state index contributed by atoms with van der Waals surface area (Å²) in [5, 5.41) is 0. The summed E-state index contributed by atoms with van der Waals surface area (Å²) in [6, 6.07) is 2.03. The summed E-state index contributed by atoms with van der Waals surface area (Å²) in [6.45, 7) is 0.768. The quantitative estimate of drug-likeness (QED) is 0.728. The molecule has 26 heavy (non-hydrogen) atoms. The van der Waals surface area contributed by atoms with Gasteiger partial charge in [0.15, 0.2) is 5.65 Å². The van der Waals surface area contributed by atoms with E-state index >= 15 is 0 Å². The van der Waals surface area contributed by atoms with Crippen molar-refractivity contribution in [3.05, 3.63) is 33.3 Å². The van der Waals surface area contributed by atoms with Gasteiger partial charge in [0.1, 0.15) is 0 Å². The molecule has 4 rings (SSSR count). The molecule has 2 aromatic rings. The van der Waals surface area contributed by atoms with E-state index in [0.29, 0.717) is 12.0 Å². The van der Waals surface area contributed by atoms with E-state index in [2.05, 4.69) is 27.0 Å². The molecule has 0 spiro atoms. The summed E-state index contributed by atoms with van der Waals surface area (Å²) in [7, 11) is 1.80. The number of fused-ring (bicyclic) bond motifs is 1. The van der Waals surface area contributed by atoms with E-state index in [-0.39, 0.29) is 5.69 Å². The molecule has 0 radical (unpaired) electrons. The highest BCUT2D eigenvalue weighted by molar-refractivity contribution is 9.10. The number of methoxy groups -OCH3 is 1. The lowest BCUT2D eigenvalue weighted by molar-refractivity contribution is 0.0542. The molecule has 0 saturated heterocycles. The molecule has 5 nitrogen and oxygen atoms in total. The van der Waals surface area contributed by atoms with Crippen LogP contribution in [-0.4, -0.2) is 27.3 Å². The van der Waals surface area contributed by atoms with Crippen molar-refractivity contribution in [2.24, 2.45) is 5.92 Å². The van der Waals surface area contributed by atoms with Crippen LogP contribution in [0.4, 0.5) is 0 Å². The van der Waals surface area contributed by atoms with Crippen LogP contribution < -0.4 is 5.69 Å². The molecule has 0 bridgehead atoms. The first-order valence-electron chi connectivity index (χ1n) is 9.66. The Labute approximate surface area is 162 Å². The average molecular weight is 420 g/mol. The number of hydrogen-bond donors (Lipinski definition) is 0. The van der Waals surface area contributed by atoms with Crippen molar-refractivity contribution in [2.45, 2.75) is 64.0 Å². The van der Waals surface area contributed by atoms with Crippen LogP contribution in [0.5, 0.6) is 0 Å². The van der Waals surface area contributed by atoms with E-state index in [1.165, 1.54) is 6.42 Å². The second kappa shape index (κ2) is 7.69. The van der Waals surface area contributed by atoms with Gasteiger partial charge in [-0.25, -0.2) is 14.3 Å². The number of halogens is 1. The van der Waals surface area contributed by atoms with Crippen LogP contribution in [0.25, 0.3) is 16.9 Å². The van der Waals surface area contributed by atoms with Crippen molar-refractivity contribution in [2.75, 3.05) is 7.11 Å². The SMILES string of the molecule is COC1CCC(Cn2c(=O)n(C3=CCCCC3)c3ncc(Br)cc32)CC1. The Bertz CT molecular complexity index is 875. The van der Waals surface area contributed by atoms with Crippen molar-refractivity contribution in [1.29, 1.82) is 0 Å². The first-order valence-corrected chi connectivity index (χ1v) is 10.5. The molecule has 2 heterocycles. The molecule has 2 aliphatic rings. The Morgan fingerprint density at radius 2 is 2.08 bits per heavy atom. The average Bonchev–Trinajstić information content (AvgIpc) is 2.94. The standard InChI is InChI=1S/C20H26BrN3O2/c1-26-17-9-7-14(8-10-17)13-23-18-11-15(21)12-22-19(18)24(20(23)25)16-5-3-2-4-6-16/h5,11-12,14,17H,2-4,6-10,13H2,1H3. The van der Waals surface area contributed by atoms with Gasteiger partial charge < -0.3 is 4.74 Å². The highest BCUT2D eigenvalue weighted by atomic mass is 79.9. The minimum Gasteiger partial charge on any atom is -0.381 e. The van der Waals surface area contributed by atoms with Crippen LogP contribution in [-0.2, 0) is 11.3 Å². The Balaban J connectivity index is 1.72. The summed E-state index contributed by atoms with van der Waals surface area (Å²) in [5.41, 5.74) is 2.90. The number of pyridine rings is 1. The predicted molar refractivity (Wildman–Crippen MR) is 107 cm³/mol. The van der Waals surface area contributed by atoms with Gasteiger partial charge in [0.2, 0.25) is 0 Å². The maximum absolute atomic E-state index is 13.3. The largest absolute Gasteiger partial charge is 0.381 e. The molecule has 2 aromatic heterocycles. The fraction of sp³-hybridized carbons (Fsp3) is 0.600. The Morgan fingerprint density at radius 1 is 1.27 bits per heavy atom. The lowest BCUT2D eigenvalue weighted by atomic mass is 9.87. The fourth-order valence-electron chi connectivity index (χ4n) is 4.37. The molecule has 6 heteroatoms. The van der Waals surface area contributed by atoms with Crippen molar-refractivity contribution in [1.82, 2.24) is 14.1 Å². The first kappa shape index (κ1) is 18.0. The van der Waals surface area contributed by atoms with Gasteiger partial charge in [0, 0.05) is 30.0 Å². The van der Waals surface area contributed by atoms with E-state index in [0.717, 1.165) is 72.8 Å². The summed E-state index contributed by atoms with van der Waals surface area (Å²) >= 11 is 3.52. The topological polar surface area (TPSA) is 49.0 Å². The van der Waals surface area contributed by atoms with Crippen molar-refractivity contribution in [3.8, 4) is 0 Å². The molecule has 2 aliphatic carbocycles. The van der Waals surface area contributed by atoms with Gasteiger partial charge in [-0.1, -0.05) is 6.08 Å². The second-order valence-corrected chi connectivity index (χ2v) is 8.46. The van der Waals surface area contributed by atoms with E-state index in [1.54, 1.807) is 13.3 Å². The van der Waals surface area contributed by atoms with Crippen LogP contribution in [0.1, 0.15) is 51.4 Å². The Hall–Kier alpha value is -1.40. The molecule has 140 valence electrons. The minimum absolute atomic E-state index is 0.0626.